The summed E-state index contributed by atoms with van der Waals surface area (Å²) in [5.74, 6) is 0.476. The highest BCUT2D eigenvalue weighted by atomic mass is 16.3. The summed E-state index contributed by atoms with van der Waals surface area (Å²) in [7, 11) is 0. The van der Waals surface area contributed by atoms with Gasteiger partial charge >= 0.3 is 0 Å². The van der Waals surface area contributed by atoms with Crippen molar-refractivity contribution in [2.24, 2.45) is 0 Å². The van der Waals surface area contributed by atoms with Crippen LogP contribution in [0, 0.1) is 6.92 Å². The summed E-state index contributed by atoms with van der Waals surface area (Å²) in [6.07, 6.45) is 9.13. The van der Waals surface area contributed by atoms with E-state index in [-0.39, 0.29) is 5.41 Å². The monoisotopic (exact) mass is 276 g/mol. The Morgan fingerprint density at radius 1 is 0.950 bits per heavy atom. The predicted octanol–water partition coefficient (Wildman–Crippen LogP) is 5.90. The summed E-state index contributed by atoms with van der Waals surface area (Å²) in [5.41, 5.74) is 3.48. The highest BCUT2D eigenvalue weighted by Gasteiger charge is 2.19. The van der Waals surface area contributed by atoms with Crippen LogP contribution in [0.3, 0.4) is 0 Å². The molecule has 0 aliphatic heterocycles. The lowest BCUT2D eigenvalue weighted by Gasteiger charge is -2.22. The van der Waals surface area contributed by atoms with Gasteiger partial charge in [0.1, 0.15) is 5.75 Å². The van der Waals surface area contributed by atoms with E-state index in [0.29, 0.717) is 5.75 Å². The van der Waals surface area contributed by atoms with Gasteiger partial charge < -0.3 is 5.11 Å². The van der Waals surface area contributed by atoms with Crippen LogP contribution in [-0.4, -0.2) is 5.11 Å². The number of benzene rings is 1. The van der Waals surface area contributed by atoms with Crippen molar-refractivity contribution in [1.82, 2.24) is 0 Å². The lowest BCUT2D eigenvalue weighted by molar-refractivity contribution is 0.442. The third-order valence-corrected chi connectivity index (χ3v) is 3.99. The lowest BCUT2D eigenvalue weighted by Crippen LogP contribution is -2.12. The molecule has 0 saturated heterocycles. The molecule has 0 unspecified atom stereocenters. The molecule has 0 amide bonds. The van der Waals surface area contributed by atoms with Crippen LogP contribution in [0.1, 0.15) is 82.9 Å². The summed E-state index contributed by atoms with van der Waals surface area (Å²) in [6.45, 7) is 10.8. The van der Waals surface area contributed by atoms with Gasteiger partial charge in [0.05, 0.1) is 0 Å². The van der Waals surface area contributed by atoms with Crippen molar-refractivity contribution in [2.75, 3.05) is 0 Å². The average Bonchev–Trinajstić information content (AvgIpc) is 2.36. The zero-order chi connectivity index (χ0) is 15.2. The van der Waals surface area contributed by atoms with Crippen molar-refractivity contribution in [2.45, 2.75) is 85.0 Å². The largest absolute Gasteiger partial charge is 0.507 e. The van der Waals surface area contributed by atoms with Crippen LogP contribution in [0.4, 0.5) is 0 Å². The van der Waals surface area contributed by atoms with E-state index in [0.717, 1.165) is 17.5 Å². The van der Waals surface area contributed by atoms with Crippen LogP contribution in [-0.2, 0) is 11.8 Å². The van der Waals surface area contributed by atoms with E-state index >= 15 is 0 Å². The molecule has 1 rings (SSSR count). The number of hydrogen-bond donors (Lipinski definition) is 1. The van der Waals surface area contributed by atoms with E-state index in [2.05, 4.69) is 39.8 Å². The first-order valence-corrected chi connectivity index (χ1v) is 8.19. The van der Waals surface area contributed by atoms with Crippen LogP contribution in [0.15, 0.2) is 12.1 Å². The molecule has 1 nitrogen and oxygen atoms in total. The van der Waals surface area contributed by atoms with Gasteiger partial charge in [-0.2, -0.15) is 0 Å². The Morgan fingerprint density at radius 2 is 1.55 bits per heavy atom. The van der Waals surface area contributed by atoms with E-state index in [1.54, 1.807) is 0 Å². The Balaban J connectivity index is 2.61. The topological polar surface area (TPSA) is 20.2 Å². The zero-order valence-corrected chi connectivity index (χ0v) is 14.1. The van der Waals surface area contributed by atoms with Gasteiger partial charge in [-0.1, -0.05) is 71.9 Å². The molecule has 20 heavy (non-hydrogen) atoms. The first-order valence-electron chi connectivity index (χ1n) is 8.19. The number of aryl methyl sites for hydroxylation is 2. The summed E-state index contributed by atoms with van der Waals surface area (Å²) in [5, 5.41) is 10.2. The molecule has 0 aliphatic rings. The molecular weight excluding hydrogens is 244 g/mol. The van der Waals surface area contributed by atoms with Gasteiger partial charge in [0, 0.05) is 0 Å². The smallest absolute Gasteiger partial charge is 0.122 e. The second-order valence-electron chi connectivity index (χ2n) is 7.08. The molecule has 114 valence electrons. The molecule has 1 aromatic rings. The van der Waals surface area contributed by atoms with E-state index in [1.807, 2.05) is 6.92 Å². The third kappa shape index (κ3) is 5.19. The van der Waals surface area contributed by atoms with Crippen LogP contribution < -0.4 is 0 Å². The number of phenols is 1. The maximum absolute atomic E-state index is 10.2. The van der Waals surface area contributed by atoms with Gasteiger partial charge in [0.15, 0.2) is 0 Å². The minimum Gasteiger partial charge on any atom is -0.507 e. The lowest BCUT2D eigenvalue weighted by atomic mass is 9.83. The van der Waals surface area contributed by atoms with E-state index in [1.165, 1.54) is 44.1 Å². The Labute approximate surface area is 125 Å². The van der Waals surface area contributed by atoms with Gasteiger partial charge in [-0.05, 0) is 41.9 Å². The van der Waals surface area contributed by atoms with Crippen molar-refractivity contribution in [1.29, 1.82) is 0 Å². The maximum atomic E-state index is 10.2. The van der Waals surface area contributed by atoms with E-state index in [9.17, 15) is 5.11 Å². The van der Waals surface area contributed by atoms with Crippen molar-refractivity contribution in [3.8, 4) is 5.75 Å². The van der Waals surface area contributed by atoms with Crippen LogP contribution in [0.2, 0.25) is 0 Å². The molecular formula is C19H32O. The molecule has 1 heteroatoms. The summed E-state index contributed by atoms with van der Waals surface area (Å²) >= 11 is 0. The zero-order valence-electron chi connectivity index (χ0n) is 14.1. The second-order valence-corrected chi connectivity index (χ2v) is 7.08. The van der Waals surface area contributed by atoms with Gasteiger partial charge in [-0.15, -0.1) is 0 Å². The maximum Gasteiger partial charge on any atom is 0.122 e. The summed E-state index contributed by atoms with van der Waals surface area (Å²) < 4.78 is 0. The Bertz CT molecular complexity index is 413. The van der Waals surface area contributed by atoms with Gasteiger partial charge in [-0.25, -0.2) is 0 Å². The fraction of sp³-hybridized carbons (Fsp3) is 0.684. The fourth-order valence-electron chi connectivity index (χ4n) is 2.68. The number of unbranched alkanes of at least 4 members (excludes halogenated alkanes) is 5. The minimum atomic E-state index is 0.00593. The standard InChI is InChI=1S/C19H32O/c1-6-7-8-9-10-11-12-16-13-15(2)18(20)17(14-16)19(3,4)5/h13-14,20H,6-12H2,1-5H3. The van der Waals surface area contributed by atoms with E-state index < -0.39 is 0 Å². The molecule has 0 aliphatic carbocycles. The molecule has 0 heterocycles. The molecule has 0 fully saturated rings. The molecule has 1 N–H and O–H groups in total. The summed E-state index contributed by atoms with van der Waals surface area (Å²) in [6, 6.07) is 4.35. The SMILES string of the molecule is CCCCCCCCc1cc(C)c(O)c(C(C)(C)C)c1. The Kier molecular flexibility index (Phi) is 6.58. The highest BCUT2D eigenvalue weighted by molar-refractivity contribution is 5.46. The number of rotatable bonds is 7. The highest BCUT2D eigenvalue weighted by Crippen LogP contribution is 2.34. The van der Waals surface area contributed by atoms with Crippen molar-refractivity contribution < 1.29 is 5.11 Å². The van der Waals surface area contributed by atoms with Crippen molar-refractivity contribution >= 4 is 0 Å². The molecule has 1 aromatic carbocycles. The summed E-state index contributed by atoms with van der Waals surface area (Å²) in [4.78, 5) is 0. The first kappa shape index (κ1) is 17.1. The fourth-order valence-corrected chi connectivity index (χ4v) is 2.68. The first-order chi connectivity index (χ1) is 9.36. The molecule has 0 spiro atoms. The van der Waals surface area contributed by atoms with Crippen LogP contribution in [0.5, 0.6) is 5.75 Å². The number of phenolic OH excluding ortho intramolecular Hbond substituents is 1. The minimum absolute atomic E-state index is 0.00593. The van der Waals surface area contributed by atoms with Gasteiger partial charge in [0.25, 0.3) is 0 Å². The van der Waals surface area contributed by atoms with Crippen LogP contribution in [0.25, 0.3) is 0 Å². The second kappa shape index (κ2) is 7.71. The van der Waals surface area contributed by atoms with Gasteiger partial charge in [-0.3, -0.25) is 0 Å². The Morgan fingerprint density at radius 3 is 2.15 bits per heavy atom. The number of aromatic hydroxyl groups is 1. The molecule has 0 saturated carbocycles. The Hall–Kier alpha value is -0.980. The molecule has 0 aromatic heterocycles. The van der Waals surface area contributed by atoms with Gasteiger partial charge in [0.2, 0.25) is 0 Å². The van der Waals surface area contributed by atoms with Crippen LogP contribution >= 0.6 is 0 Å². The molecule has 0 radical (unpaired) electrons. The predicted molar refractivity (Wildman–Crippen MR) is 88.6 cm³/mol. The van der Waals surface area contributed by atoms with Crippen molar-refractivity contribution in [3.63, 3.8) is 0 Å². The van der Waals surface area contributed by atoms with E-state index in [4.69, 9.17) is 0 Å². The van der Waals surface area contributed by atoms with Crippen molar-refractivity contribution in [3.05, 3.63) is 28.8 Å². The average molecular weight is 276 g/mol. The third-order valence-electron chi connectivity index (χ3n) is 3.99. The normalized spacial score (nSPS) is 11.8. The quantitative estimate of drug-likeness (QED) is 0.615. The molecule has 0 atom stereocenters. The number of hydrogen-bond acceptors (Lipinski definition) is 1. The molecule has 0 bridgehead atoms.